The van der Waals surface area contributed by atoms with Gasteiger partial charge >= 0.3 is 12.1 Å². The molecule has 1 saturated heterocycles. The highest BCUT2D eigenvalue weighted by Gasteiger charge is 2.28. The lowest BCUT2D eigenvalue weighted by atomic mass is 9.91. The zero-order chi connectivity index (χ0) is 12.8. The third-order valence-corrected chi connectivity index (χ3v) is 2.84. The number of piperidine rings is 1. The fourth-order valence-electron chi connectivity index (χ4n) is 1.89. The van der Waals surface area contributed by atoms with E-state index >= 15 is 0 Å². The molecule has 17 heavy (non-hydrogen) atoms. The van der Waals surface area contributed by atoms with Gasteiger partial charge in [0.2, 0.25) is 0 Å². The number of nitrogens with zero attached hydrogens (tertiary/aromatic N) is 1. The van der Waals surface area contributed by atoms with Gasteiger partial charge in [0, 0.05) is 19.0 Å². The van der Waals surface area contributed by atoms with Gasteiger partial charge in [-0.25, -0.2) is 4.79 Å². The molecule has 1 aliphatic heterocycles. The number of likely N-dealkylation sites (tertiary alicyclic amines) is 1. The normalized spacial score (nSPS) is 16.6. The number of hydrogen-bond donors (Lipinski definition) is 1. The number of rotatable bonds is 4. The first kappa shape index (κ1) is 13.5. The summed E-state index contributed by atoms with van der Waals surface area (Å²) in [5.41, 5.74) is 0. The van der Waals surface area contributed by atoms with Gasteiger partial charge in [-0.3, -0.25) is 9.59 Å². The number of amides is 1. The first-order valence-electron chi connectivity index (χ1n) is 5.70. The highest BCUT2D eigenvalue weighted by molar-refractivity contribution is 5.96. The van der Waals surface area contributed by atoms with Crippen LogP contribution in [0.15, 0.2) is 0 Å². The summed E-state index contributed by atoms with van der Waals surface area (Å²) in [5.74, 6) is -0.860. The lowest BCUT2D eigenvalue weighted by molar-refractivity contribution is -0.146. The molecule has 0 aliphatic carbocycles. The quantitative estimate of drug-likeness (QED) is 0.585. The van der Waals surface area contributed by atoms with E-state index in [1.807, 2.05) is 0 Å². The highest BCUT2D eigenvalue weighted by Crippen LogP contribution is 2.19. The maximum absolute atomic E-state index is 11.7. The molecule has 0 radical (unpaired) electrons. The molecule has 6 nitrogen and oxygen atoms in total. The zero-order valence-electron chi connectivity index (χ0n) is 9.85. The van der Waals surface area contributed by atoms with Gasteiger partial charge in [0.15, 0.2) is 0 Å². The number of ether oxygens (including phenoxy) is 1. The van der Waals surface area contributed by atoms with Crippen LogP contribution in [0.1, 0.15) is 26.2 Å². The van der Waals surface area contributed by atoms with Crippen molar-refractivity contribution in [3.63, 3.8) is 0 Å². The van der Waals surface area contributed by atoms with Gasteiger partial charge in [0.25, 0.3) is 0 Å². The minimum atomic E-state index is -0.957. The number of carbonyl (C=O) groups is 3. The Morgan fingerprint density at radius 1 is 1.29 bits per heavy atom. The van der Waals surface area contributed by atoms with Gasteiger partial charge in [-0.1, -0.05) is 0 Å². The Labute approximate surface area is 99.5 Å². The maximum Gasteiger partial charge on any atom is 0.407 e. The third-order valence-electron chi connectivity index (χ3n) is 2.84. The smallest absolute Gasteiger partial charge is 0.407 e. The summed E-state index contributed by atoms with van der Waals surface area (Å²) in [6.45, 7) is 2.67. The number of ketones is 1. The van der Waals surface area contributed by atoms with Crippen molar-refractivity contribution in [2.45, 2.75) is 26.2 Å². The minimum Gasteiger partial charge on any atom is -0.466 e. The van der Waals surface area contributed by atoms with Crippen molar-refractivity contribution in [1.82, 2.24) is 4.90 Å². The van der Waals surface area contributed by atoms with Crippen LogP contribution in [0.4, 0.5) is 4.79 Å². The molecule has 6 heteroatoms. The van der Waals surface area contributed by atoms with Crippen LogP contribution in [0.3, 0.4) is 0 Å². The van der Waals surface area contributed by atoms with Gasteiger partial charge < -0.3 is 14.7 Å². The van der Waals surface area contributed by atoms with Crippen molar-refractivity contribution >= 4 is 17.8 Å². The van der Waals surface area contributed by atoms with Crippen molar-refractivity contribution < 1.29 is 24.2 Å². The molecule has 96 valence electrons. The standard InChI is InChI=1S/C11H17NO5/c1-2-17-10(14)7-9(13)8-3-5-12(6-4-8)11(15)16/h8H,2-7H2,1H3,(H,15,16). The summed E-state index contributed by atoms with van der Waals surface area (Å²) in [6, 6.07) is 0. The second-order valence-electron chi connectivity index (χ2n) is 3.99. The highest BCUT2D eigenvalue weighted by atomic mass is 16.5. The predicted octanol–water partition coefficient (Wildman–Crippen LogP) is 0.899. The number of carboxylic acid groups (broad SMARTS) is 1. The Kier molecular flexibility index (Phi) is 4.93. The number of Topliss-reactive ketones (excluding diaryl/α,β-unsaturated/α-hetero) is 1. The minimum absolute atomic E-state index is 0.145. The van der Waals surface area contributed by atoms with Gasteiger partial charge in [-0.15, -0.1) is 0 Å². The summed E-state index contributed by atoms with van der Waals surface area (Å²) >= 11 is 0. The van der Waals surface area contributed by atoms with Gasteiger partial charge in [0.05, 0.1) is 6.61 Å². The molecule has 1 rings (SSSR count). The second kappa shape index (κ2) is 6.22. The van der Waals surface area contributed by atoms with Crippen LogP contribution in [0.2, 0.25) is 0 Å². The Morgan fingerprint density at radius 2 is 1.88 bits per heavy atom. The van der Waals surface area contributed by atoms with Crippen LogP contribution in [-0.4, -0.2) is 47.5 Å². The molecule has 0 aromatic carbocycles. The van der Waals surface area contributed by atoms with Gasteiger partial charge in [-0.05, 0) is 19.8 Å². The largest absolute Gasteiger partial charge is 0.466 e. The first-order chi connectivity index (χ1) is 8.04. The Balaban J connectivity index is 2.35. The molecule has 1 aliphatic rings. The van der Waals surface area contributed by atoms with E-state index in [2.05, 4.69) is 0 Å². The van der Waals surface area contributed by atoms with Crippen molar-refractivity contribution in [1.29, 1.82) is 0 Å². The van der Waals surface area contributed by atoms with E-state index in [4.69, 9.17) is 9.84 Å². The molecule has 0 unspecified atom stereocenters. The molecular formula is C11H17NO5. The average molecular weight is 243 g/mol. The third kappa shape index (κ3) is 4.05. The molecule has 0 bridgehead atoms. The lowest BCUT2D eigenvalue weighted by Gasteiger charge is -2.28. The van der Waals surface area contributed by atoms with Crippen LogP contribution in [0.5, 0.6) is 0 Å². The molecule has 0 aromatic heterocycles. The van der Waals surface area contributed by atoms with Crippen LogP contribution in [0, 0.1) is 5.92 Å². The first-order valence-corrected chi connectivity index (χ1v) is 5.70. The van der Waals surface area contributed by atoms with Gasteiger partial charge in [0.1, 0.15) is 12.2 Å². The molecule has 1 heterocycles. The van der Waals surface area contributed by atoms with Gasteiger partial charge in [-0.2, -0.15) is 0 Å². The van der Waals surface area contributed by atoms with E-state index in [-0.39, 0.29) is 24.7 Å². The number of hydrogen-bond acceptors (Lipinski definition) is 4. The van der Waals surface area contributed by atoms with Crippen molar-refractivity contribution in [2.24, 2.45) is 5.92 Å². The van der Waals surface area contributed by atoms with Crippen LogP contribution >= 0.6 is 0 Å². The van der Waals surface area contributed by atoms with E-state index in [0.29, 0.717) is 25.9 Å². The predicted molar refractivity (Wildman–Crippen MR) is 58.6 cm³/mol. The summed E-state index contributed by atoms with van der Waals surface area (Å²) in [7, 11) is 0. The fourth-order valence-corrected chi connectivity index (χ4v) is 1.89. The fraction of sp³-hybridized carbons (Fsp3) is 0.727. The van der Waals surface area contributed by atoms with E-state index < -0.39 is 12.1 Å². The Bertz CT molecular complexity index is 307. The lowest BCUT2D eigenvalue weighted by Crippen LogP contribution is -2.39. The summed E-state index contributed by atoms with van der Waals surface area (Å²) < 4.78 is 4.70. The Hall–Kier alpha value is -1.59. The second-order valence-corrected chi connectivity index (χ2v) is 3.99. The topological polar surface area (TPSA) is 83.9 Å². The monoisotopic (exact) mass is 243 g/mol. The molecule has 0 saturated carbocycles. The number of esters is 1. The number of carbonyl (C=O) groups excluding carboxylic acids is 2. The summed E-state index contributed by atoms with van der Waals surface area (Å²) in [6.07, 6.45) is -0.179. The van der Waals surface area contributed by atoms with Crippen LogP contribution < -0.4 is 0 Å². The van der Waals surface area contributed by atoms with Crippen molar-refractivity contribution in [3.05, 3.63) is 0 Å². The van der Waals surface area contributed by atoms with E-state index in [1.165, 1.54) is 4.90 Å². The summed E-state index contributed by atoms with van der Waals surface area (Å²) in [5, 5.41) is 8.75. The molecule has 0 spiro atoms. The van der Waals surface area contributed by atoms with E-state index in [0.717, 1.165) is 0 Å². The molecule has 1 amide bonds. The molecule has 1 N–H and O–H groups in total. The molecule has 0 aromatic rings. The Morgan fingerprint density at radius 3 is 2.35 bits per heavy atom. The maximum atomic E-state index is 11.7. The summed E-state index contributed by atoms with van der Waals surface area (Å²) in [4.78, 5) is 34.8. The SMILES string of the molecule is CCOC(=O)CC(=O)C1CCN(C(=O)O)CC1. The van der Waals surface area contributed by atoms with E-state index in [1.54, 1.807) is 6.92 Å². The average Bonchev–Trinajstić information content (AvgIpc) is 2.29. The van der Waals surface area contributed by atoms with E-state index in [9.17, 15) is 14.4 Å². The molecular weight excluding hydrogens is 226 g/mol. The van der Waals surface area contributed by atoms with Crippen LogP contribution in [0.25, 0.3) is 0 Å². The van der Waals surface area contributed by atoms with Crippen molar-refractivity contribution in [3.8, 4) is 0 Å². The molecule has 0 atom stereocenters. The zero-order valence-corrected chi connectivity index (χ0v) is 9.85. The molecule has 1 fully saturated rings. The van der Waals surface area contributed by atoms with Crippen LogP contribution in [-0.2, 0) is 14.3 Å². The van der Waals surface area contributed by atoms with Crippen molar-refractivity contribution in [2.75, 3.05) is 19.7 Å².